The van der Waals surface area contributed by atoms with E-state index in [9.17, 15) is 14.0 Å². The van der Waals surface area contributed by atoms with Gasteiger partial charge in [0, 0.05) is 30.1 Å². The number of carbonyl (C=O) groups excluding carboxylic acids is 2. The summed E-state index contributed by atoms with van der Waals surface area (Å²) in [5, 5.41) is 2.86. The van der Waals surface area contributed by atoms with Gasteiger partial charge in [-0.1, -0.05) is 12.1 Å². The summed E-state index contributed by atoms with van der Waals surface area (Å²) in [6, 6.07) is 12.1. The van der Waals surface area contributed by atoms with Crippen LogP contribution >= 0.6 is 11.8 Å². The van der Waals surface area contributed by atoms with Gasteiger partial charge in [0.25, 0.3) is 5.91 Å². The van der Waals surface area contributed by atoms with Crippen molar-refractivity contribution >= 4 is 29.3 Å². The molecule has 1 aliphatic rings. The van der Waals surface area contributed by atoms with Crippen molar-refractivity contribution in [3.8, 4) is 0 Å². The standard InChI is InChI=1S/C23H27FN2O2S/c1-16-14-18(24)10-11-20(16)25-22(27)12-9-17-6-5-13-26(15-17)23(28)19-7-3-4-8-21(19)29-2/h3-4,7-8,10-11,14,17H,5-6,9,12-13,15H2,1-2H3,(H,25,27)/t17-/m0/s1. The smallest absolute Gasteiger partial charge is 0.254 e. The average molecular weight is 415 g/mol. The van der Waals surface area contributed by atoms with Crippen molar-refractivity contribution in [3.63, 3.8) is 0 Å². The molecule has 1 heterocycles. The highest BCUT2D eigenvalue weighted by Crippen LogP contribution is 2.26. The molecule has 2 aromatic carbocycles. The normalized spacial score (nSPS) is 16.5. The number of likely N-dealkylation sites (tertiary alicyclic amines) is 1. The van der Waals surface area contributed by atoms with Gasteiger partial charge in [0.1, 0.15) is 5.82 Å². The highest BCUT2D eigenvalue weighted by molar-refractivity contribution is 7.98. The van der Waals surface area contributed by atoms with Gasteiger partial charge < -0.3 is 10.2 Å². The number of halogens is 1. The lowest BCUT2D eigenvalue weighted by Crippen LogP contribution is -2.40. The minimum Gasteiger partial charge on any atom is -0.338 e. The Hall–Kier alpha value is -2.34. The highest BCUT2D eigenvalue weighted by Gasteiger charge is 2.26. The van der Waals surface area contributed by atoms with Crippen LogP contribution in [0.4, 0.5) is 10.1 Å². The molecule has 2 amide bonds. The number of anilines is 1. The van der Waals surface area contributed by atoms with Gasteiger partial charge in [-0.15, -0.1) is 11.8 Å². The molecule has 1 saturated heterocycles. The monoisotopic (exact) mass is 414 g/mol. The van der Waals surface area contributed by atoms with E-state index in [2.05, 4.69) is 5.32 Å². The second-order valence-corrected chi connectivity index (χ2v) is 8.35. The number of thioether (sulfide) groups is 1. The zero-order chi connectivity index (χ0) is 20.8. The maximum absolute atomic E-state index is 13.2. The topological polar surface area (TPSA) is 49.4 Å². The van der Waals surface area contributed by atoms with Gasteiger partial charge in [0.15, 0.2) is 0 Å². The Morgan fingerprint density at radius 2 is 2.03 bits per heavy atom. The number of nitrogens with one attached hydrogen (secondary N) is 1. The summed E-state index contributed by atoms with van der Waals surface area (Å²) in [6.07, 6.45) is 5.09. The first kappa shape index (κ1) is 21.4. The van der Waals surface area contributed by atoms with Crippen molar-refractivity contribution in [2.24, 2.45) is 5.92 Å². The number of rotatable bonds is 6. The quantitative estimate of drug-likeness (QED) is 0.667. The van der Waals surface area contributed by atoms with Crippen molar-refractivity contribution in [2.75, 3.05) is 24.7 Å². The molecule has 1 atom stereocenters. The van der Waals surface area contributed by atoms with Crippen LogP contribution in [0.5, 0.6) is 0 Å². The molecule has 3 rings (SSSR count). The van der Waals surface area contributed by atoms with E-state index >= 15 is 0 Å². The summed E-state index contributed by atoms with van der Waals surface area (Å²) in [6.45, 7) is 3.22. The van der Waals surface area contributed by atoms with Gasteiger partial charge in [-0.2, -0.15) is 0 Å². The van der Waals surface area contributed by atoms with E-state index in [-0.39, 0.29) is 17.6 Å². The van der Waals surface area contributed by atoms with E-state index in [1.165, 1.54) is 12.1 Å². The molecule has 1 fully saturated rings. The minimum absolute atomic E-state index is 0.0733. The van der Waals surface area contributed by atoms with Gasteiger partial charge >= 0.3 is 0 Å². The zero-order valence-corrected chi connectivity index (χ0v) is 17.7. The molecule has 0 spiro atoms. The zero-order valence-electron chi connectivity index (χ0n) is 16.9. The molecule has 6 heteroatoms. The number of piperidine rings is 1. The first-order chi connectivity index (χ1) is 14.0. The fourth-order valence-corrected chi connectivity index (χ4v) is 4.38. The first-order valence-corrected chi connectivity index (χ1v) is 11.2. The number of amides is 2. The lowest BCUT2D eigenvalue weighted by atomic mass is 9.92. The van der Waals surface area contributed by atoms with Gasteiger partial charge in [0.05, 0.1) is 5.56 Å². The van der Waals surface area contributed by atoms with Crippen molar-refractivity contribution in [3.05, 3.63) is 59.4 Å². The molecule has 2 aromatic rings. The second kappa shape index (κ2) is 9.92. The van der Waals surface area contributed by atoms with Crippen molar-refractivity contribution in [1.29, 1.82) is 0 Å². The Kier molecular flexibility index (Phi) is 7.31. The minimum atomic E-state index is -0.310. The number of nitrogens with zero attached hydrogens (tertiary/aromatic N) is 1. The van der Waals surface area contributed by atoms with E-state index in [1.807, 2.05) is 35.4 Å². The summed E-state index contributed by atoms with van der Waals surface area (Å²) < 4.78 is 13.2. The van der Waals surface area contributed by atoms with Gasteiger partial charge in [-0.3, -0.25) is 9.59 Å². The molecule has 0 bridgehead atoms. The van der Waals surface area contributed by atoms with E-state index in [0.717, 1.165) is 36.3 Å². The molecule has 29 heavy (non-hydrogen) atoms. The van der Waals surface area contributed by atoms with Crippen LogP contribution in [0.3, 0.4) is 0 Å². The average Bonchev–Trinajstić information content (AvgIpc) is 2.74. The summed E-state index contributed by atoms with van der Waals surface area (Å²) in [7, 11) is 0. The van der Waals surface area contributed by atoms with Crippen LogP contribution in [0.2, 0.25) is 0 Å². The Balaban J connectivity index is 1.54. The van der Waals surface area contributed by atoms with Gasteiger partial charge in [-0.25, -0.2) is 4.39 Å². The fraction of sp³-hybridized carbons (Fsp3) is 0.391. The molecule has 0 saturated carbocycles. The molecule has 0 aromatic heterocycles. The maximum atomic E-state index is 13.2. The van der Waals surface area contributed by atoms with Crippen LogP contribution in [-0.4, -0.2) is 36.1 Å². The molecule has 4 nitrogen and oxygen atoms in total. The second-order valence-electron chi connectivity index (χ2n) is 7.51. The van der Waals surface area contributed by atoms with Crippen LogP contribution < -0.4 is 5.32 Å². The molecule has 0 unspecified atom stereocenters. The predicted octanol–water partition coefficient (Wildman–Crippen LogP) is 5.13. The number of benzene rings is 2. The Morgan fingerprint density at radius 1 is 1.24 bits per heavy atom. The fourth-order valence-electron chi connectivity index (χ4n) is 3.79. The maximum Gasteiger partial charge on any atom is 0.254 e. The van der Waals surface area contributed by atoms with Gasteiger partial charge in [0.2, 0.25) is 5.91 Å². The van der Waals surface area contributed by atoms with Gasteiger partial charge in [-0.05, 0) is 74.3 Å². The van der Waals surface area contributed by atoms with Crippen molar-refractivity contribution in [1.82, 2.24) is 4.90 Å². The number of carbonyl (C=O) groups is 2. The third-order valence-electron chi connectivity index (χ3n) is 5.39. The molecule has 0 radical (unpaired) electrons. The SMILES string of the molecule is CSc1ccccc1C(=O)N1CCC[C@@H](CCC(=O)Nc2ccc(F)cc2C)C1. The molecular weight excluding hydrogens is 387 g/mol. The largest absolute Gasteiger partial charge is 0.338 e. The number of hydrogen-bond acceptors (Lipinski definition) is 3. The lowest BCUT2D eigenvalue weighted by molar-refractivity contribution is -0.116. The molecule has 1 aliphatic heterocycles. The van der Waals surface area contributed by atoms with E-state index in [1.54, 1.807) is 24.8 Å². The predicted molar refractivity (Wildman–Crippen MR) is 116 cm³/mol. The van der Waals surface area contributed by atoms with E-state index < -0.39 is 0 Å². The van der Waals surface area contributed by atoms with Crippen molar-refractivity contribution < 1.29 is 14.0 Å². The van der Waals surface area contributed by atoms with Crippen LogP contribution in [-0.2, 0) is 4.79 Å². The first-order valence-electron chi connectivity index (χ1n) is 9.96. The molecule has 0 aliphatic carbocycles. The van der Waals surface area contributed by atoms with Crippen LogP contribution in [0.1, 0.15) is 41.6 Å². The third kappa shape index (κ3) is 5.60. The third-order valence-corrected chi connectivity index (χ3v) is 6.18. The Labute approximate surface area is 175 Å². The summed E-state index contributed by atoms with van der Waals surface area (Å²) >= 11 is 1.58. The Bertz CT molecular complexity index is 887. The van der Waals surface area contributed by atoms with Crippen molar-refractivity contribution in [2.45, 2.75) is 37.5 Å². The Morgan fingerprint density at radius 3 is 2.79 bits per heavy atom. The molecule has 154 valence electrons. The van der Waals surface area contributed by atoms with E-state index in [0.29, 0.717) is 30.1 Å². The molecular formula is C23H27FN2O2S. The summed E-state index contributed by atoms with van der Waals surface area (Å²) in [5.41, 5.74) is 2.11. The lowest BCUT2D eigenvalue weighted by Gasteiger charge is -2.33. The van der Waals surface area contributed by atoms with Crippen LogP contribution in [0.15, 0.2) is 47.4 Å². The van der Waals surface area contributed by atoms with Crippen LogP contribution in [0, 0.1) is 18.7 Å². The number of aryl methyl sites for hydroxylation is 1. The number of hydrogen-bond donors (Lipinski definition) is 1. The summed E-state index contributed by atoms with van der Waals surface area (Å²) in [5.74, 6) is 0.00615. The molecule has 1 N–H and O–H groups in total. The van der Waals surface area contributed by atoms with Crippen LogP contribution in [0.25, 0.3) is 0 Å². The van der Waals surface area contributed by atoms with E-state index in [4.69, 9.17) is 0 Å². The highest BCUT2D eigenvalue weighted by atomic mass is 32.2. The summed E-state index contributed by atoms with van der Waals surface area (Å²) in [4.78, 5) is 28.2.